The quantitative estimate of drug-likeness (QED) is 0.520. The molecule has 1 N–H and O–H groups in total. The average molecular weight is 249 g/mol. The van der Waals surface area contributed by atoms with E-state index in [2.05, 4.69) is 25.4 Å². The Balaban J connectivity index is 0.000000187. The van der Waals surface area contributed by atoms with Gasteiger partial charge in [-0.25, -0.2) is 0 Å². The second-order valence-electron chi connectivity index (χ2n) is 3.87. The topological polar surface area (TPSA) is 67.3 Å². The van der Waals surface area contributed by atoms with Gasteiger partial charge in [0.05, 0.1) is 5.52 Å². The first-order chi connectivity index (χ1) is 9.45. The molecule has 0 saturated carbocycles. The second-order valence-corrected chi connectivity index (χ2v) is 3.87. The van der Waals surface area contributed by atoms with Crippen molar-refractivity contribution < 1.29 is 0 Å². The van der Waals surface area contributed by atoms with Crippen LogP contribution >= 0.6 is 0 Å². The van der Waals surface area contributed by atoms with Gasteiger partial charge >= 0.3 is 0 Å². The summed E-state index contributed by atoms with van der Waals surface area (Å²) in [7, 11) is 0. The molecule has 3 aromatic heterocycles. The summed E-state index contributed by atoms with van der Waals surface area (Å²) in [6.07, 6.45) is 6.93. The van der Waals surface area contributed by atoms with Gasteiger partial charge in [-0.2, -0.15) is 10.2 Å². The van der Waals surface area contributed by atoms with E-state index in [0.717, 1.165) is 21.8 Å². The van der Waals surface area contributed by atoms with Crippen LogP contribution in [0.1, 0.15) is 0 Å². The zero-order valence-electron chi connectivity index (χ0n) is 10.1. The van der Waals surface area contributed by atoms with Crippen molar-refractivity contribution in [3.05, 3.63) is 61.2 Å². The minimum Gasteiger partial charge on any atom is -0.286 e. The Morgan fingerprint density at radius 3 is 2.68 bits per heavy atom. The molecule has 0 unspecified atom stereocenters. The van der Waals surface area contributed by atoms with Gasteiger partial charge in [0.25, 0.3) is 0 Å². The lowest BCUT2D eigenvalue weighted by Crippen LogP contribution is -1.76. The van der Waals surface area contributed by atoms with Crippen LogP contribution in [0.4, 0.5) is 0 Å². The van der Waals surface area contributed by atoms with Gasteiger partial charge < -0.3 is 0 Å². The summed E-state index contributed by atoms with van der Waals surface area (Å²) in [4.78, 5) is 4.22. The molecule has 0 amide bonds. The lowest BCUT2D eigenvalue weighted by atomic mass is 10.2. The lowest BCUT2D eigenvalue weighted by Gasteiger charge is -1.91. The highest BCUT2D eigenvalue weighted by atomic mass is 15.1. The van der Waals surface area contributed by atoms with E-state index >= 15 is 0 Å². The van der Waals surface area contributed by atoms with E-state index in [4.69, 9.17) is 0 Å². The van der Waals surface area contributed by atoms with Gasteiger partial charge in [-0.05, 0) is 24.3 Å². The molecule has 0 saturated heterocycles. The van der Waals surface area contributed by atoms with Crippen molar-refractivity contribution in [1.82, 2.24) is 25.4 Å². The van der Waals surface area contributed by atoms with Crippen LogP contribution in [0.2, 0.25) is 0 Å². The molecule has 0 aliphatic heterocycles. The van der Waals surface area contributed by atoms with E-state index < -0.39 is 0 Å². The van der Waals surface area contributed by atoms with Crippen LogP contribution in [-0.4, -0.2) is 25.4 Å². The lowest BCUT2D eigenvalue weighted by molar-refractivity contribution is 1.09. The Bertz CT molecular complexity index is 763. The average Bonchev–Trinajstić information content (AvgIpc) is 3.09. The molecular formula is C14H11N5. The molecule has 0 aliphatic rings. The Labute approximate surface area is 109 Å². The highest BCUT2D eigenvalue weighted by Crippen LogP contribution is 2.20. The number of aromatic amines is 1. The van der Waals surface area contributed by atoms with E-state index in [0.29, 0.717) is 0 Å². The number of benzene rings is 1. The summed E-state index contributed by atoms with van der Waals surface area (Å²) in [5.74, 6) is 0. The third-order valence-corrected chi connectivity index (χ3v) is 2.67. The molecule has 0 radical (unpaired) electrons. The molecule has 19 heavy (non-hydrogen) atoms. The van der Waals surface area contributed by atoms with Crippen molar-refractivity contribution in [3.8, 4) is 0 Å². The van der Waals surface area contributed by atoms with Crippen molar-refractivity contribution in [3.63, 3.8) is 0 Å². The van der Waals surface area contributed by atoms with E-state index in [-0.39, 0.29) is 0 Å². The van der Waals surface area contributed by atoms with Gasteiger partial charge in [0.2, 0.25) is 0 Å². The molecule has 0 bridgehead atoms. The highest BCUT2D eigenvalue weighted by molar-refractivity contribution is 6.03. The summed E-state index contributed by atoms with van der Waals surface area (Å²) < 4.78 is 0. The van der Waals surface area contributed by atoms with Gasteiger partial charge in [0.15, 0.2) is 0 Å². The molecule has 5 heteroatoms. The van der Waals surface area contributed by atoms with Crippen LogP contribution < -0.4 is 0 Å². The Morgan fingerprint density at radius 2 is 1.89 bits per heavy atom. The fraction of sp³-hybridized carbons (Fsp3) is 0. The molecule has 0 aliphatic carbocycles. The van der Waals surface area contributed by atoms with Crippen LogP contribution in [0.3, 0.4) is 0 Å². The predicted molar refractivity (Wildman–Crippen MR) is 73.4 cm³/mol. The Hall–Kier alpha value is -2.82. The van der Waals surface area contributed by atoms with Crippen LogP contribution in [0.15, 0.2) is 61.2 Å². The molecular weight excluding hydrogens is 238 g/mol. The molecule has 5 nitrogen and oxygen atoms in total. The minimum absolute atomic E-state index is 0.907. The Kier molecular flexibility index (Phi) is 3.10. The number of rotatable bonds is 0. The summed E-state index contributed by atoms with van der Waals surface area (Å²) in [6.45, 7) is 0. The monoisotopic (exact) mass is 249 g/mol. The smallest absolute Gasteiger partial charge is 0.102 e. The highest BCUT2D eigenvalue weighted by Gasteiger charge is 2.01. The van der Waals surface area contributed by atoms with Crippen molar-refractivity contribution in [2.75, 3.05) is 0 Å². The van der Waals surface area contributed by atoms with Gasteiger partial charge in [-0.3, -0.25) is 10.1 Å². The molecule has 3 heterocycles. The SMILES string of the molecule is c1cn[nH]c1.c1cnnc2c(c1)ccc1nccc12. The van der Waals surface area contributed by atoms with Crippen LogP contribution in [0, 0.1) is 0 Å². The Morgan fingerprint density at radius 1 is 0.895 bits per heavy atom. The van der Waals surface area contributed by atoms with E-state index in [1.165, 1.54) is 0 Å². The third kappa shape index (κ3) is 2.40. The largest absolute Gasteiger partial charge is 0.286 e. The first-order valence-corrected chi connectivity index (χ1v) is 5.84. The van der Waals surface area contributed by atoms with Crippen molar-refractivity contribution in [1.29, 1.82) is 0 Å². The first kappa shape index (κ1) is 11.3. The molecule has 92 valence electrons. The molecule has 1 aromatic carbocycles. The van der Waals surface area contributed by atoms with Gasteiger partial charge in [0, 0.05) is 35.6 Å². The number of H-pyrrole nitrogens is 1. The maximum absolute atomic E-state index is 4.22. The van der Waals surface area contributed by atoms with Crippen molar-refractivity contribution in [2.24, 2.45) is 0 Å². The molecule has 4 rings (SSSR count). The standard InChI is InChI=1S/C11H7N3.C3H4N2/c1-2-8-3-4-10-9(5-7-12-10)11(8)14-13-6-1;1-2-4-5-3-1/h1-7H;1-3H,(H,4,5). The van der Waals surface area contributed by atoms with Crippen molar-refractivity contribution >= 4 is 21.8 Å². The number of aromatic nitrogens is 5. The fourth-order valence-electron chi connectivity index (χ4n) is 1.82. The number of nitrogens with one attached hydrogen (secondary N) is 1. The summed E-state index contributed by atoms with van der Waals surface area (Å²) in [5.41, 5.74) is 1.88. The predicted octanol–water partition coefficient (Wildman–Crippen LogP) is 2.59. The molecule has 4 aromatic rings. The van der Waals surface area contributed by atoms with Gasteiger partial charge in [0.1, 0.15) is 5.52 Å². The first-order valence-electron chi connectivity index (χ1n) is 5.84. The maximum Gasteiger partial charge on any atom is 0.102 e. The zero-order valence-corrected chi connectivity index (χ0v) is 10.1. The molecule has 0 atom stereocenters. The van der Waals surface area contributed by atoms with Gasteiger partial charge in [-0.1, -0.05) is 12.1 Å². The molecule has 0 spiro atoms. The van der Waals surface area contributed by atoms with Crippen molar-refractivity contribution in [2.45, 2.75) is 0 Å². The van der Waals surface area contributed by atoms with Crippen LogP contribution in [0.25, 0.3) is 21.8 Å². The van der Waals surface area contributed by atoms with E-state index in [9.17, 15) is 0 Å². The van der Waals surface area contributed by atoms with Gasteiger partial charge in [-0.15, -0.1) is 5.10 Å². The second kappa shape index (κ2) is 5.22. The number of hydrogen-bond donors (Lipinski definition) is 1. The normalized spacial score (nSPS) is 10.1. The zero-order chi connectivity index (χ0) is 12.9. The number of nitrogens with zero attached hydrogens (tertiary/aromatic N) is 4. The van der Waals surface area contributed by atoms with Crippen LogP contribution in [-0.2, 0) is 0 Å². The number of hydrogen-bond acceptors (Lipinski definition) is 4. The van der Waals surface area contributed by atoms with E-state index in [1.807, 2.05) is 36.4 Å². The van der Waals surface area contributed by atoms with Crippen LogP contribution in [0.5, 0.6) is 0 Å². The summed E-state index contributed by atoms with van der Waals surface area (Å²) in [5, 5.41) is 16.4. The minimum atomic E-state index is 0.907. The summed E-state index contributed by atoms with van der Waals surface area (Å²) in [6, 6.07) is 11.7. The molecule has 0 fully saturated rings. The number of fused-ring (bicyclic) bond motifs is 3. The summed E-state index contributed by atoms with van der Waals surface area (Å²) >= 11 is 0. The van der Waals surface area contributed by atoms with E-state index in [1.54, 1.807) is 24.8 Å². The fourth-order valence-corrected chi connectivity index (χ4v) is 1.82. The third-order valence-electron chi connectivity index (χ3n) is 2.67. The maximum atomic E-state index is 4.22.